The van der Waals surface area contributed by atoms with Crippen molar-refractivity contribution in [3.8, 4) is 6.07 Å². The number of aromatic amines is 1. The van der Waals surface area contributed by atoms with Crippen molar-refractivity contribution in [3.63, 3.8) is 0 Å². The summed E-state index contributed by atoms with van der Waals surface area (Å²) in [5.74, 6) is -0.197. The van der Waals surface area contributed by atoms with Crippen LogP contribution >= 0.6 is 0 Å². The first kappa shape index (κ1) is 19.6. The van der Waals surface area contributed by atoms with Gasteiger partial charge in [-0.2, -0.15) is 10.4 Å². The van der Waals surface area contributed by atoms with Gasteiger partial charge in [0.25, 0.3) is 5.91 Å². The maximum atomic E-state index is 12.8. The molecular weight excluding hydrogens is 380 g/mol. The van der Waals surface area contributed by atoms with Gasteiger partial charge in [0.2, 0.25) is 5.91 Å². The second kappa shape index (κ2) is 8.76. The van der Waals surface area contributed by atoms with Gasteiger partial charge in [-0.05, 0) is 18.2 Å². The molecule has 0 spiro atoms. The number of rotatable bonds is 5. The van der Waals surface area contributed by atoms with Gasteiger partial charge in [0.1, 0.15) is 6.07 Å². The van der Waals surface area contributed by atoms with E-state index < -0.39 is 0 Å². The van der Waals surface area contributed by atoms with E-state index in [9.17, 15) is 9.59 Å². The zero-order chi connectivity index (χ0) is 20.9. The SMILES string of the molecule is N#Cc1ccccc1NC(=O)CCN1CCN(C(=O)c2n[nH]c3ccccc23)CC1. The molecular formula is C22H22N6O2. The molecule has 2 N–H and O–H groups in total. The third-order valence-corrected chi connectivity index (χ3v) is 5.31. The second-order valence-electron chi connectivity index (χ2n) is 7.21. The van der Waals surface area contributed by atoms with Gasteiger partial charge in [0.15, 0.2) is 5.69 Å². The molecule has 152 valence electrons. The lowest BCUT2D eigenvalue weighted by molar-refractivity contribution is -0.116. The van der Waals surface area contributed by atoms with Crippen LogP contribution in [0, 0.1) is 11.3 Å². The Bertz CT molecular complexity index is 1110. The van der Waals surface area contributed by atoms with E-state index in [0.29, 0.717) is 56.1 Å². The van der Waals surface area contributed by atoms with E-state index in [1.54, 1.807) is 24.3 Å². The van der Waals surface area contributed by atoms with Crippen molar-refractivity contribution >= 4 is 28.4 Å². The van der Waals surface area contributed by atoms with Crippen molar-refractivity contribution in [1.29, 1.82) is 5.26 Å². The largest absolute Gasteiger partial charge is 0.335 e. The molecule has 0 atom stereocenters. The fourth-order valence-corrected chi connectivity index (χ4v) is 3.61. The minimum absolute atomic E-state index is 0.0713. The molecule has 0 unspecified atom stereocenters. The number of aromatic nitrogens is 2. The van der Waals surface area contributed by atoms with Crippen molar-refractivity contribution in [1.82, 2.24) is 20.0 Å². The fourth-order valence-electron chi connectivity index (χ4n) is 3.61. The topological polar surface area (TPSA) is 105 Å². The van der Waals surface area contributed by atoms with E-state index in [2.05, 4.69) is 26.5 Å². The Hall–Kier alpha value is -3.70. The summed E-state index contributed by atoms with van der Waals surface area (Å²) in [7, 11) is 0. The third-order valence-electron chi connectivity index (χ3n) is 5.31. The number of para-hydroxylation sites is 2. The van der Waals surface area contributed by atoms with E-state index in [1.165, 1.54) is 0 Å². The molecule has 1 aromatic heterocycles. The number of carbonyl (C=O) groups excluding carboxylic acids is 2. The summed E-state index contributed by atoms with van der Waals surface area (Å²) in [6.45, 7) is 3.21. The van der Waals surface area contributed by atoms with E-state index in [-0.39, 0.29) is 11.8 Å². The standard InChI is InChI=1S/C22H22N6O2/c23-15-16-5-1-3-7-18(16)24-20(29)9-10-27-11-13-28(14-12-27)22(30)21-17-6-2-4-8-19(17)25-26-21/h1-8H,9-14H2,(H,24,29)(H,25,26). The van der Waals surface area contributed by atoms with E-state index >= 15 is 0 Å². The van der Waals surface area contributed by atoms with Crippen LogP contribution in [-0.2, 0) is 4.79 Å². The minimum Gasteiger partial charge on any atom is -0.335 e. The Balaban J connectivity index is 1.27. The highest BCUT2D eigenvalue weighted by atomic mass is 16.2. The van der Waals surface area contributed by atoms with Gasteiger partial charge in [-0.25, -0.2) is 0 Å². The van der Waals surface area contributed by atoms with Gasteiger partial charge >= 0.3 is 0 Å². The number of hydrogen-bond acceptors (Lipinski definition) is 5. The molecule has 2 amide bonds. The number of nitrogens with one attached hydrogen (secondary N) is 2. The van der Waals surface area contributed by atoms with E-state index in [0.717, 1.165) is 10.9 Å². The zero-order valence-corrected chi connectivity index (χ0v) is 16.5. The molecule has 0 aliphatic carbocycles. The Morgan fingerprint density at radius 1 is 1.07 bits per heavy atom. The summed E-state index contributed by atoms with van der Waals surface area (Å²) in [4.78, 5) is 29.1. The Morgan fingerprint density at radius 2 is 1.80 bits per heavy atom. The smallest absolute Gasteiger partial charge is 0.275 e. The normalized spacial score (nSPS) is 14.4. The summed E-state index contributed by atoms with van der Waals surface area (Å²) in [6, 6.07) is 16.6. The summed E-state index contributed by atoms with van der Waals surface area (Å²) >= 11 is 0. The number of hydrogen-bond donors (Lipinski definition) is 2. The molecule has 8 heteroatoms. The summed E-state index contributed by atoms with van der Waals surface area (Å²) in [5, 5.41) is 19.8. The summed E-state index contributed by atoms with van der Waals surface area (Å²) in [6.07, 6.45) is 0.331. The van der Waals surface area contributed by atoms with Gasteiger partial charge in [-0.15, -0.1) is 0 Å². The maximum absolute atomic E-state index is 12.8. The first-order valence-corrected chi connectivity index (χ1v) is 9.89. The van der Waals surface area contributed by atoms with Crippen LogP contribution in [0.2, 0.25) is 0 Å². The summed E-state index contributed by atoms with van der Waals surface area (Å²) < 4.78 is 0. The van der Waals surface area contributed by atoms with Crippen LogP contribution in [-0.4, -0.2) is 64.5 Å². The number of nitriles is 1. The number of carbonyl (C=O) groups is 2. The Morgan fingerprint density at radius 3 is 2.60 bits per heavy atom. The van der Waals surface area contributed by atoms with Gasteiger partial charge < -0.3 is 10.2 Å². The lowest BCUT2D eigenvalue weighted by atomic mass is 10.2. The number of benzene rings is 2. The molecule has 3 aromatic rings. The molecule has 2 heterocycles. The Kier molecular flexibility index (Phi) is 5.72. The van der Waals surface area contributed by atoms with Crippen LogP contribution < -0.4 is 5.32 Å². The van der Waals surface area contributed by atoms with Crippen LogP contribution in [0.15, 0.2) is 48.5 Å². The van der Waals surface area contributed by atoms with E-state index in [1.807, 2.05) is 29.2 Å². The number of piperazine rings is 1. The van der Waals surface area contributed by atoms with Crippen molar-refractivity contribution < 1.29 is 9.59 Å². The predicted molar refractivity (Wildman–Crippen MR) is 113 cm³/mol. The van der Waals surface area contributed by atoms with Crippen LogP contribution in [0.4, 0.5) is 5.69 Å². The molecule has 0 saturated carbocycles. The quantitative estimate of drug-likeness (QED) is 0.681. The highest BCUT2D eigenvalue weighted by Gasteiger charge is 2.25. The highest BCUT2D eigenvalue weighted by molar-refractivity contribution is 6.04. The summed E-state index contributed by atoms with van der Waals surface area (Å²) in [5.41, 5.74) is 2.29. The number of fused-ring (bicyclic) bond motifs is 1. The minimum atomic E-state index is -0.126. The third kappa shape index (κ3) is 4.16. The molecule has 30 heavy (non-hydrogen) atoms. The van der Waals surface area contributed by atoms with Gasteiger partial charge in [-0.1, -0.05) is 30.3 Å². The zero-order valence-electron chi connectivity index (χ0n) is 16.5. The van der Waals surface area contributed by atoms with E-state index in [4.69, 9.17) is 5.26 Å². The maximum Gasteiger partial charge on any atom is 0.275 e. The number of nitrogens with zero attached hydrogens (tertiary/aromatic N) is 4. The first-order valence-electron chi connectivity index (χ1n) is 9.89. The average Bonchev–Trinajstić information content (AvgIpc) is 3.22. The van der Waals surface area contributed by atoms with Crippen LogP contribution in [0.5, 0.6) is 0 Å². The second-order valence-corrected chi connectivity index (χ2v) is 7.21. The molecule has 0 bridgehead atoms. The highest BCUT2D eigenvalue weighted by Crippen LogP contribution is 2.18. The van der Waals surface area contributed by atoms with Crippen molar-refractivity contribution in [2.24, 2.45) is 0 Å². The number of amides is 2. The number of H-pyrrole nitrogens is 1. The van der Waals surface area contributed by atoms with Crippen LogP contribution in [0.3, 0.4) is 0 Å². The molecule has 1 aliphatic rings. The molecule has 4 rings (SSSR count). The molecule has 1 saturated heterocycles. The molecule has 2 aromatic carbocycles. The van der Waals surface area contributed by atoms with Crippen molar-refractivity contribution in [3.05, 3.63) is 59.8 Å². The molecule has 1 fully saturated rings. The molecule has 8 nitrogen and oxygen atoms in total. The fraction of sp³-hybridized carbons (Fsp3) is 0.273. The van der Waals surface area contributed by atoms with Crippen LogP contribution in [0.25, 0.3) is 10.9 Å². The van der Waals surface area contributed by atoms with Crippen molar-refractivity contribution in [2.75, 3.05) is 38.0 Å². The van der Waals surface area contributed by atoms with Crippen molar-refractivity contribution in [2.45, 2.75) is 6.42 Å². The molecule has 1 aliphatic heterocycles. The average molecular weight is 402 g/mol. The predicted octanol–water partition coefficient (Wildman–Crippen LogP) is 2.22. The van der Waals surface area contributed by atoms with Crippen LogP contribution in [0.1, 0.15) is 22.5 Å². The molecule has 0 radical (unpaired) electrons. The first-order chi connectivity index (χ1) is 14.7. The lowest BCUT2D eigenvalue weighted by Crippen LogP contribution is -2.49. The van der Waals surface area contributed by atoms with Gasteiger partial charge in [-0.3, -0.25) is 19.6 Å². The monoisotopic (exact) mass is 402 g/mol. The Labute approximate surface area is 174 Å². The lowest BCUT2D eigenvalue weighted by Gasteiger charge is -2.34. The van der Waals surface area contributed by atoms with Gasteiger partial charge in [0, 0.05) is 44.5 Å². The van der Waals surface area contributed by atoms with Gasteiger partial charge in [0.05, 0.1) is 16.8 Å². The number of anilines is 1.